The van der Waals surface area contributed by atoms with Crippen LogP contribution in [0.25, 0.3) is 0 Å². The summed E-state index contributed by atoms with van der Waals surface area (Å²) in [4.78, 5) is 21.8. The minimum atomic E-state index is -0.220. The molecule has 1 fully saturated rings. The minimum Gasteiger partial charge on any atom is -0.354 e. The number of nitrogens with zero attached hydrogens (tertiary/aromatic N) is 5. The molecule has 1 unspecified atom stereocenters. The average molecular weight is 423 g/mol. The van der Waals surface area contributed by atoms with E-state index in [9.17, 15) is 4.79 Å². The molecule has 0 bridgehead atoms. The molecule has 1 amide bonds. The molecule has 1 N–H and O–H groups in total. The first-order chi connectivity index (χ1) is 14.7. The summed E-state index contributed by atoms with van der Waals surface area (Å²) in [7, 11) is 0. The quantitative estimate of drug-likeness (QED) is 0.626. The number of pyridine rings is 1. The van der Waals surface area contributed by atoms with E-state index >= 15 is 0 Å². The van der Waals surface area contributed by atoms with Gasteiger partial charge in [0.15, 0.2) is 0 Å². The van der Waals surface area contributed by atoms with Crippen LogP contribution in [0.3, 0.4) is 0 Å². The number of piperazine rings is 1. The van der Waals surface area contributed by atoms with Crippen LogP contribution in [0.4, 0.5) is 10.9 Å². The minimum absolute atomic E-state index is 0.220. The topological polar surface area (TPSA) is 74.2 Å². The number of hydrogen-bond acceptors (Lipinski definition) is 7. The van der Waals surface area contributed by atoms with Gasteiger partial charge in [0.1, 0.15) is 11.3 Å². The Morgan fingerprint density at radius 3 is 2.77 bits per heavy atom. The van der Waals surface area contributed by atoms with Gasteiger partial charge in [0.25, 0.3) is 5.91 Å². The summed E-state index contributed by atoms with van der Waals surface area (Å²) in [5.74, 6) is 0.699. The normalized spacial score (nSPS) is 17.1. The molecule has 156 valence electrons. The Labute approximate surface area is 180 Å². The molecule has 1 aliphatic heterocycles. The van der Waals surface area contributed by atoms with Crippen LogP contribution in [0.2, 0.25) is 0 Å². The Morgan fingerprint density at radius 2 is 2.07 bits per heavy atom. The average Bonchev–Trinajstić information content (AvgIpc) is 3.29. The Morgan fingerprint density at radius 1 is 1.20 bits per heavy atom. The molecule has 0 radical (unpaired) electrons. The number of hydrogen-bond donors (Lipinski definition) is 1. The van der Waals surface area contributed by atoms with Crippen LogP contribution >= 0.6 is 11.3 Å². The van der Waals surface area contributed by atoms with Crippen molar-refractivity contribution in [3.05, 3.63) is 65.3 Å². The van der Waals surface area contributed by atoms with E-state index < -0.39 is 0 Å². The maximum atomic E-state index is 12.3. The highest BCUT2D eigenvalue weighted by Gasteiger charge is 2.27. The zero-order chi connectivity index (χ0) is 20.8. The lowest BCUT2D eigenvalue weighted by atomic mass is 10.0. The fourth-order valence-electron chi connectivity index (χ4n) is 3.84. The van der Waals surface area contributed by atoms with Crippen molar-refractivity contribution in [2.45, 2.75) is 32.4 Å². The molecule has 0 aliphatic carbocycles. The van der Waals surface area contributed by atoms with Crippen LogP contribution in [-0.2, 0) is 6.54 Å². The second-order valence-electron chi connectivity index (χ2n) is 7.45. The van der Waals surface area contributed by atoms with Gasteiger partial charge in [-0.05, 0) is 24.1 Å². The van der Waals surface area contributed by atoms with Gasteiger partial charge in [-0.3, -0.25) is 15.0 Å². The maximum absolute atomic E-state index is 12.3. The van der Waals surface area contributed by atoms with Crippen LogP contribution in [0.1, 0.15) is 35.7 Å². The monoisotopic (exact) mass is 422 g/mol. The number of anilines is 2. The molecular weight excluding hydrogens is 396 g/mol. The number of carbonyl (C=O) groups is 1. The highest BCUT2D eigenvalue weighted by molar-refractivity contribution is 7.13. The SMILES string of the molecule is CCCC1CN(c2ccc(C(=O)Nc3nncs3)cn2)CCN1Cc1ccccc1. The first kappa shape index (κ1) is 20.4. The number of carbonyl (C=O) groups excluding carboxylic acids is 1. The van der Waals surface area contributed by atoms with Crippen LogP contribution < -0.4 is 10.2 Å². The smallest absolute Gasteiger partial charge is 0.259 e. The summed E-state index contributed by atoms with van der Waals surface area (Å²) in [6, 6.07) is 14.9. The van der Waals surface area contributed by atoms with Gasteiger partial charge in [-0.25, -0.2) is 4.98 Å². The van der Waals surface area contributed by atoms with Crippen LogP contribution in [-0.4, -0.2) is 51.7 Å². The molecule has 7 nitrogen and oxygen atoms in total. The van der Waals surface area contributed by atoms with Crippen molar-refractivity contribution in [1.29, 1.82) is 0 Å². The number of rotatable bonds is 7. The van der Waals surface area contributed by atoms with Crippen molar-refractivity contribution in [2.75, 3.05) is 29.9 Å². The van der Waals surface area contributed by atoms with Gasteiger partial charge in [0.05, 0.1) is 5.56 Å². The van der Waals surface area contributed by atoms with Gasteiger partial charge >= 0.3 is 0 Å². The Bertz CT molecular complexity index is 932. The molecule has 3 aromatic rings. The van der Waals surface area contributed by atoms with E-state index in [0.29, 0.717) is 16.7 Å². The summed E-state index contributed by atoms with van der Waals surface area (Å²) in [6.45, 7) is 6.10. The van der Waals surface area contributed by atoms with Gasteiger partial charge < -0.3 is 4.90 Å². The third-order valence-electron chi connectivity index (χ3n) is 5.37. The van der Waals surface area contributed by atoms with Gasteiger partial charge in [-0.15, -0.1) is 10.2 Å². The number of aromatic nitrogens is 3. The molecule has 1 saturated heterocycles. The van der Waals surface area contributed by atoms with E-state index in [1.165, 1.54) is 16.9 Å². The van der Waals surface area contributed by atoms with E-state index in [2.05, 4.69) is 67.6 Å². The van der Waals surface area contributed by atoms with Crippen molar-refractivity contribution in [3.63, 3.8) is 0 Å². The third-order valence-corrected chi connectivity index (χ3v) is 5.98. The predicted octanol–water partition coefficient (Wildman–Crippen LogP) is 3.68. The zero-order valence-electron chi connectivity index (χ0n) is 17.1. The Hall–Kier alpha value is -2.84. The molecule has 8 heteroatoms. The van der Waals surface area contributed by atoms with Crippen LogP contribution in [0, 0.1) is 0 Å². The third kappa shape index (κ3) is 5.01. The van der Waals surface area contributed by atoms with Gasteiger partial charge in [-0.2, -0.15) is 0 Å². The molecule has 0 saturated carbocycles. The maximum Gasteiger partial charge on any atom is 0.259 e. The first-order valence-corrected chi connectivity index (χ1v) is 11.2. The molecule has 1 atom stereocenters. The van der Waals surface area contributed by atoms with Crippen LogP contribution in [0.15, 0.2) is 54.2 Å². The second kappa shape index (κ2) is 9.77. The zero-order valence-corrected chi connectivity index (χ0v) is 17.9. The number of benzene rings is 1. The number of nitrogens with one attached hydrogen (secondary N) is 1. The largest absolute Gasteiger partial charge is 0.354 e. The molecule has 1 aromatic carbocycles. The molecule has 2 aromatic heterocycles. The fourth-order valence-corrected chi connectivity index (χ4v) is 4.28. The molecule has 4 rings (SSSR count). The highest BCUT2D eigenvalue weighted by Crippen LogP contribution is 2.22. The van der Waals surface area contributed by atoms with E-state index in [0.717, 1.165) is 44.8 Å². The standard InChI is InChI=1S/C22H26N6OS/c1-2-6-19-15-28(12-11-27(19)14-17-7-4-3-5-8-17)20-10-9-18(13-23-20)21(29)25-22-26-24-16-30-22/h3-5,7-10,13,16,19H,2,6,11-12,14-15H2,1H3,(H,25,26,29). The van der Waals surface area contributed by atoms with Gasteiger partial charge in [-0.1, -0.05) is 55.0 Å². The summed E-state index contributed by atoms with van der Waals surface area (Å²) in [5.41, 5.74) is 3.46. The van der Waals surface area contributed by atoms with Crippen molar-refractivity contribution in [1.82, 2.24) is 20.1 Å². The summed E-state index contributed by atoms with van der Waals surface area (Å²) < 4.78 is 0. The van der Waals surface area contributed by atoms with Crippen LogP contribution in [0.5, 0.6) is 0 Å². The van der Waals surface area contributed by atoms with E-state index in [4.69, 9.17) is 0 Å². The van der Waals surface area contributed by atoms with Gasteiger partial charge in [0, 0.05) is 38.4 Å². The van der Waals surface area contributed by atoms with E-state index in [1.807, 2.05) is 12.1 Å². The van der Waals surface area contributed by atoms with Crippen molar-refractivity contribution < 1.29 is 4.79 Å². The Kier molecular flexibility index (Phi) is 6.66. The molecule has 3 heterocycles. The number of amides is 1. The van der Waals surface area contributed by atoms with Gasteiger partial charge in [0.2, 0.25) is 5.13 Å². The molecule has 1 aliphatic rings. The second-order valence-corrected chi connectivity index (χ2v) is 8.28. The molecular formula is C22H26N6OS. The lowest BCUT2D eigenvalue weighted by molar-refractivity contribution is 0.102. The van der Waals surface area contributed by atoms with Crippen molar-refractivity contribution in [2.24, 2.45) is 0 Å². The van der Waals surface area contributed by atoms with Crippen molar-refractivity contribution >= 4 is 28.2 Å². The highest BCUT2D eigenvalue weighted by atomic mass is 32.1. The van der Waals surface area contributed by atoms with E-state index in [-0.39, 0.29) is 5.91 Å². The molecule has 0 spiro atoms. The molecule has 30 heavy (non-hydrogen) atoms. The fraction of sp³-hybridized carbons (Fsp3) is 0.364. The van der Waals surface area contributed by atoms with Crippen molar-refractivity contribution in [3.8, 4) is 0 Å². The summed E-state index contributed by atoms with van der Waals surface area (Å²) in [5, 5.41) is 10.8. The summed E-state index contributed by atoms with van der Waals surface area (Å²) in [6.07, 6.45) is 3.95. The Balaban J connectivity index is 1.40. The van der Waals surface area contributed by atoms with E-state index in [1.54, 1.807) is 11.7 Å². The lowest BCUT2D eigenvalue weighted by Crippen LogP contribution is -2.53. The lowest BCUT2D eigenvalue weighted by Gasteiger charge is -2.42. The predicted molar refractivity (Wildman–Crippen MR) is 120 cm³/mol. The first-order valence-electron chi connectivity index (χ1n) is 10.3. The summed E-state index contributed by atoms with van der Waals surface area (Å²) >= 11 is 1.29.